The van der Waals surface area contributed by atoms with Gasteiger partial charge in [0, 0.05) is 31.6 Å². The number of hydrogen-bond acceptors (Lipinski definition) is 4. The summed E-state index contributed by atoms with van der Waals surface area (Å²) in [5.41, 5.74) is 0.684. The number of fused-ring (bicyclic) bond motifs is 2. The van der Waals surface area contributed by atoms with Crippen molar-refractivity contribution in [3.63, 3.8) is 0 Å². The first kappa shape index (κ1) is 17.0. The first-order valence-electron chi connectivity index (χ1n) is 8.71. The van der Waals surface area contributed by atoms with Gasteiger partial charge in [-0.3, -0.25) is 14.4 Å². The molecule has 0 aliphatic carbocycles. The predicted molar refractivity (Wildman–Crippen MR) is 88.7 cm³/mol. The van der Waals surface area contributed by atoms with Crippen molar-refractivity contribution in [2.45, 2.75) is 31.5 Å². The lowest BCUT2D eigenvalue weighted by molar-refractivity contribution is -0.162. The first-order chi connectivity index (χ1) is 12.4. The van der Waals surface area contributed by atoms with Crippen molar-refractivity contribution >= 4 is 17.7 Å². The van der Waals surface area contributed by atoms with Crippen LogP contribution in [0.4, 0.5) is 4.39 Å². The van der Waals surface area contributed by atoms with Crippen LogP contribution in [0.15, 0.2) is 18.2 Å². The molecule has 3 saturated heterocycles. The van der Waals surface area contributed by atoms with Crippen molar-refractivity contribution in [3.8, 4) is 0 Å². The average molecular weight is 361 g/mol. The van der Waals surface area contributed by atoms with Gasteiger partial charge in [0.2, 0.25) is 11.8 Å². The minimum atomic E-state index is -0.739. The SMILES string of the molecule is Cc1ccc(C(=O)N2CCN3C(=O)[C@@H]4C[C@@H](O)CN4C(=O)[C@H]3C2)cc1F. The number of piperazine rings is 2. The molecule has 0 aromatic heterocycles. The lowest BCUT2D eigenvalue weighted by Crippen LogP contribution is -2.69. The zero-order chi connectivity index (χ0) is 18.6. The second kappa shape index (κ2) is 6.05. The van der Waals surface area contributed by atoms with Crippen molar-refractivity contribution in [2.24, 2.45) is 0 Å². The molecule has 3 amide bonds. The van der Waals surface area contributed by atoms with Crippen LogP contribution in [0, 0.1) is 12.7 Å². The largest absolute Gasteiger partial charge is 0.391 e. The van der Waals surface area contributed by atoms with E-state index in [9.17, 15) is 23.9 Å². The number of nitrogens with zero attached hydrogens (tertiary/aromatic N) is 3. The number of amides is 3. The van der Waals surface area contributed by atoms with E-state index in [0.29, 0.717) is 12.1 Å². The topological polar surface area (TPSA) is 81.2 Å². The zero-order valence-electron chi connectivity index (χ0n) is 14.4. The molecule has 3 aliphatic heterocycles. The van der Waals surface area contributed by atoms with Crippen LogP contribution >= 0.6 is 0 Å². The van der Waals surface area contributed by atoms with E-state index >= 15 is 0 Å². The van der Waals surface area contributed by atoms with E-state index < -0.39 is 24.0 Å². The Morgan fingerprint density at radius 3 is 2.58 bits per heavy atom. The zero-order valence-corrected chi connectivity index (χ0v) is 14.4. The van der Waals surface area contributed by atoms with E-state index in [-0.39, 0.29) is 49.3 Å². The molecule has 1 N–H and O–H groups in total. The summed E-state index contributed by atoms with van der Waals surface area (Å²) in [5.74, 6) is -1.21. The highest BCUT2D eigenvalue weighted by Gasteiger charge is 2.51. The Morgan fingerprint density at radius 1 is 1.12 bits per heavy atom. The third kappa shape index (κ3) is 2.56. The minimum absolute atomic E-state index is 0.0816. The number of hydrogen-bond donors (Lipinski definition) is 1. The molecule has 26 heavy (non-hydrogen) atoms. The van der Waals surface area contributed by atoms with E-state index in [2.05, 4.69) is 0 Å². The fraction of sp³-hybridized carbons (Fsp3) is 0.500. The van der Waals surface area contributed by atoms with E-state index in [1.165, 1.54) is 20.8 Å². The summed E-state index contributed by atoms with van der Waals surface area (Å²) in [4.78, 5) is 42.5. The molecule has 0 unspecified atom stereocenters. The summed E-state index contributed by atoms with van der Waals surface area (Å²) in [7, 11) is 0. The monoisotopic (exact) mass is 361 g/mol. The molecule has 3 atom stereocenters. The maximum atomic E-state index is 13.8. The smallest absolute Gasteiger partial charge is 0.254 e. The van der Waals surface area contributed by atoms with Crippen molar-refractivity contribution in [2.75, 3.05) is 26.2 Å². The molecule has 8 heteroatoms. The van der Waals surface area contributed by atoms with Gasteiger partial charge in [0.1, 0.15) is 17.9 Å². The number of aliphatic hydroxyl groups excluding tert-OH is 1. The Hall–Kier alpha value is -2.48. The van der Waals surface area contributed by atoms with Crippen molar-refractivity contribution in [3.05, 3.63) is 35.1 Å². The highest BCUT2D eigenvalue weighted by Crippen LogP contribution is 2.29. The van der Waals surface area contributed by atoms with Crippen LogP contribution in [0.2, 0.25) is 0 Å². The van der Waals surface area contributed by atoms with Crippen LogP contribution in [0.1, 0.15) is 22.3 Å². The van der Waals surface area contributed by atoms with Gasteiger partial charge in [-0.2, -0.15) is 0 Å². The fourth-order valence-corrected chi connectivity index (χ4v) is 4.03. The van der Waals surface area contributed by atoms with Crippen molar-refractivity contribution in [1.82, 2.24) is 14.7 Å². The van der Waals surface area contributed by atoms with Gasteiger partial charge in [-0.25, -0.2) is 4.39 Å². The molecule has 0 bridgehead atoms. The van der Waals surface area contributed by atoms with Gasteiger partial charge in [-0.15, -0.1) is 0 Å². The van der Waals surface area contributed by atoms with E-state index in [1.807, 2.05) is 0 Å². The Kier molecular flexibility index (Phi) is 3.95. The lowest BCUT2D eigenvalue weighted by Gasteiger charge is -2.47. The Bertz CT molecular complexity index is 799. The average Bonchev–Trinajstić information content (AvgIpc) is 3.03. The number of aryl methyl sites for hydroxylation is 1. The number of benzene rings is 1. The van der Waals surface area contributed by atoms with Crippen LogP contribution in [0.25, 0.3) is 0 Å². The van der Waals surface area contributed by atoms with Gasteiger partial charge >= 0.3 is 0 Å². The molecule has 0 spiro atoms. The maximum Gasteiger partial charge on any atom is 0.254 e. The van der Waals surface area contributed by atoms with Crippen molar-refractivity contribution < 1.29 is 23.9 Å². The summed E-state index contributed by atoms with van der Waals surface area (Å²) >= 11 is 0. The summed E-state index contributed by atoms with van der Waals surface area (Å²) in [6, 6.07) is 2.97. The maximum absolute atomic E-state index is 13.8. The molecule has 138 valence electrons. The van der Waals surface area contributed by atoms with Crippen LogP contribution in [-0.2, 0) is 9.59 Å². The van der Waals surface area contributed by atoms with Crippen molar-refractivity contribution in [1.29, 1.82) is 0 Å². The van der Waals surface area contributed by atoms with Gasteiger partial charge in [-0.05, 0) is 24.6 Å². The van der Waals surface area contributed by atoms with Crippen LogP contribution in [-0.4, -0.2) is 81.9 Å². The van der Waals surface area contributed by atoms with Gasteiger partial charge in [0.05, 0.1) is 12.6 Å². The molecule has 1 aromatic carbocycles. The number of rotatable bonds is 1. The second-order valence-corrected chi connectivity index (χ2v) is 7.16. The third-order valence-electron chi connectivity index (χ3n) is 5.50. The molecule has 3 fully saturated rings. The van der Waals surface area contributed by atoms with Gasteiger partial charge in [0.25, 0.3) is 5.91 Å². The minimum Gasteiger partial charge on any atom is -0.391 e. The predicted octanol–water partition coefficient (Wildman–Crippen LogP) is -0.237. The molecular formula is C18H20FN3O4. The molecule has 0 saturated carbocycles. The highest BCUT2D eigenvalue weighted by atomic mass is 19.1. The van der Waals surface area contributed by atoms with Gasteiger partial charge < -0.3 is 19.8 Å². The van der Waals surface area contributed by atoms with Crippen LogP contribution < -0.4 is 0 Å². The van der Waals surface area contributed by atoms with Gasteiger partial charge in [0.15, 0.2) is 0 Å². The number of aliphatic hydroxyl groups is 1. The summed E-state index contributed by atoms with van der Waals surface area (Å²) in [6.45, 7) is 2.40. The number of halogens is 1. The van der Waals surface area contributed by atoms with Crippen LogP contribution in [0.5, 0.6) is 0 Å². The molecule has 7 nitrogen and oxygen atoms in total. The van der Waals surface area contributed by atoms with E-state index in [1.54, 1.807) is 19.1 Å². The number of carbonyl (C=O) groups is 3. The van der Waals surface area contributed by atoms with E-state index in [0.717, 1.165) is 0 Å². The summed E-state index contributed by atoms with van der Waals surface area (Å²) in [6.07, 6.45) is -0.429. The fourth-order valence-electron chi connectivity index (χ4n) is 4.03. The van der Waals surface area contributed by atoms with Gasteiger partial charge in [-0.1, -0.05) is 6.07 Å². The standard InChI is InChI=1S/C18H20FN3O4/c1-10-2-3-11(6-13(10)19)16(24)20-4-5-21-15(9-20)18(26)22-8-12(23)7-14(22)17(21)25/h2-3,6,12,14-15,23H,4-5,7-9H2,1H3/t12-,14+,15-/m1/s1. The summed E-state index contributed by atoms with van der Waals surface area (Å²) < 4.78 is 13.8. The number of carbonyl (C=O) groups excluding carboxylic acids is 3. The quantitative estimate of drug-likeness (QED) is 0.749. The van der Waals surface area contributed by atoms with Crippen LogP contribution in [0.3, 0.4) is 0 Å². The third-order valence-corrected chi connectivity index (χ3v) is 5.50. The Morgan fingerprint density at radius 2 is 1.85 bits per heavy atom. The normalized spacial score (nSPS) is 28.3. The van der Waals surface area contributed by atoms with E-state index in [4.69, 9.17) is 0 Å². The lowest BCUT2D eigenvalue weighted by atomic mass is 10.0. The Balaban J connectivity index is 1.55. The molecular weight excluding hydrogens is 341 g/mol. The molecule has 1 aromatic rings. The first-order valence-corrected chi connectivity index (χ1v) is 8.71. The molecule has 4 rings (SSSR count). The second-order valence-electron chi connectivity index (χ2n) is 7.16. The highest BCUT2D eigenvalue weighted by molar-refractivity contribution is 5.99. The molecule has 3 aliphatic rings. The summed E-state index contributed by atoms with van der Waals surface area (Å²) in [5, 5.41) is 9.80. The Labute approximate surface area is 150 Å². The molecule has 0 radical (unpaired) electrons. The molecule has 3 heterocycles.